The molecule has 2 rings (SSSR count). The Morgan fingerprint density at radius 2 is 2.10 bits per heavy atom. The number of nitrogens with one attached hydrogen (secondary N) is 1. The van der Waals surface area contributed by atoms with Gasteiger partial charge >= 0.3 is 0 Å². The molecule has 0 aliphatic carbocycles. The van der Waals surface area contributed by atoms with Crippen LogP contribution in [-0.4, -0.2) is 40.0 Å². The molecule has 0 saturated carbocycles. The molecule has 1 aromatic carbocycles. The second kappa shape index (κ2) is 6.64. The minimum absolute atomic E-state index is 0.148. The first-order valence-electron chi connectivity index (χ1n) is 6.24. The summed E-state index contributed by atoms with van der Waals surface area (Å²) >= 11 is 0. The number of primary amides is 1. The Kier molecular flexibility index (Phi) is 4.86. The van der Waals surface area contributed by atoms with Crippen molar-refractivity contribution in [3.05, 3.63) is 18.2 Å². The predicted octanol–water partition coefficient (Wildman–Crippen LogP) is -0.411. The molecule has 0 fully saturated rings. The van der Waals surface area contributed by atoms with Gasteiger partial charge in [0, 0.05) is 6.07 Å². The van der Waals surface area contributed by atoms with E-state index in [-0.39, 0.29) is 25.6 Å². The van der Waals surface area contributed by atoms with Crippen molar-refractivity contribution in [1.29, 1.82) is 0 Å². The van der Waals surface area contributed by atoms with Crippen LogP contribution in [-0.2, 0) is 14.8 Å². The fourth-order valence-electron chi connectivity index (χ4n) is 1.66. The van der Waals surface area contributed by atoms with Crippen LogP contribution >= 0.6 is 0 Å². The number of carbonyl (C=O) groups is 1. The lowest BCUT2D eigenvalue weighted by atomic mass is 10.3. The molecule has 8 nitrogen and oxygen atoms in total. The molecule has 0 saturated heterocycles. The zero-order valence-corrected chi connectivity index (χ0v) is 12.0. The van der Waals surface area contributed by atoms with Gasteiger partial charge in [-0.2, -0.15) is 0 Å². The summed E-state index contributed by atoms with van der Waals surface area (Å²) in [5.41, 5.74) is 4.86. The minimum Gasteiger partial charge on any atom is -0.493 e. The maximum absolute atomic E-state index is 11.5. The average Bonchev–Trinajstić information content (AvgIpc) is 2.89. The van der Waals surface area contributed by atoms with E-state index in [1.54, 1.807) is 18.2 Å². The van der Waals surface area contributed by atoms with Crippen molar-refractivity contribution in [2.75, 3.05) is 25.7 Å². The van der Waals surface area contributed by atoms with Crippen molar-refractivity contribution in [2.24, 2.45) is 5.73 Å². The Hall–Kier alpha value is -2.00. The van der Waals surface area contributed by atoms with Gasteiger partial charge in [-0.3, -0.25) is 4.79 Å². The number of nitrogens with two attached hydrogens (primary N) is 1. The highest BCUT2D eigenvalue weighted by Crippen LogP contribution is 2.35. The summed E-state index contributed by atoms with van der Waals surface area (Å²) in [7, 11) is -3.52. The van der Waals surface area contributed by atoms with Crippen molar-refractivity contribution < 1.29 is 27.4 Å². The van der Waals surface area contributed by atoms with Gasteiger partial charge in [0.1, 0.15) is 5.75 Å². The number of hydrogen-bond donors (Lipinski definition) is 2. The van der Waals surface area contributed by atoms with Gasteiger partial charge < -0.3 is 19.9 Å². The topological polar surface area (TPSA) is 117 Å². The van der Waals surface area contributed by atoms with Gasteiger partial charge in [-0.25, -0.2) is 13.1 Å². The van der Waals surface area contributed by atoms with Crippen molar-refractivity contribution in [3.63, 3.8) is 0 Å². The molecule has 0 radical (unpaired) electrons. The number of sulfonamides is 1. The van der Waals surface area contributed by atoms with E-state index < -0.39 is 22.5 Å². The first-order chi connectivity index (χ1) is 9.96. The first-order valence-corrected chi connectivity index (χ1v) is 7.89. The molecular weight excluding hydrogens is 300 g/mol. The summed E-state index contributed by atoms with van der Waals surface area (Å²) in [6.07, 6.45) is 0.280. The molecule has 3 N–H and O–H groups in total. The molecule has 1 heterocycles. The Labute approximate surface area is 122 Å². The van der Waals surface area contributed by atoms with Gasteiger partial charge in [0.2, 0.25) is 22.7 Å². The van der Waals surface area contributed by atoms with Crippen LogP contribution in [0.3, 0.4) is 0 Å². The Morgan fingerprint density at radius 3 is 2.86 bits per heavy atom. The number of amides is 1. The molecule has 1 amide bonds. The third-order valence-corrected chi connectivity index (χ3v) is 4.05. The lowest BCUT2D eigenvalue weighted by Gasteiger charge is -2.08. The van der Waals surface area contributed by atoms with Crippen molar-refractivity contribution in [2.45, 2.75) is 6.42 Å². The number of rotatable bonds is 8. The number of ether oxygens (including phenoxy) is 3. The van der Waals surface area contributed by atoms with Gasteiger partial charge in [0.05, 0.1) is 18.9 Å². The van der Waals surface area contributed by atoms with Crippen LogP contribution in [0.4, 0.5) is 0 Å². The van der Waals surface area contributed by atoms with E-state index in [4.69, 9.17) is 19.9 Å². The minimum atomic E-state index is -3.52. The smallest absolute Gasteiger partial charge is 0.232 e. The van der Waals surface area contributed by atoms with E-state index in [0.717, 1.165) is 0 Å². The highest BCUT2D eigenvalue weighted by Gasteiger charge is 2.14. The van der Waals surface area contributed by atoms with Crippen LogP contribution < -0.4 is 24.7 Å². The Bertz CT molecular complexity index is 616. The molecule has 1 aliphatic heterocycles. The van der Waals surface area contributed by atoms with Crippen LogP contribution in [0.1, 0.15) is 6.42 Å². The maximum atomic E-state index is 11.5. The molecule has 0 unspecified atom stereocenters. The zero-order chi connectivity index (χ0) is 15.3. The van der Waals surface area contributed by atoms with E-state index in [9.17, 15) is 13.2 Å². The summed E-state index contributed by atoms with van der Waals surface area (Å²) in [5.74, 6) is 0.950. The molecule has 9 heteroatoms. The number of benzene rings is 1. The second-order valence-electron chi connectivity index (χ2n) is 4.32. The molecule has 116 valence electrons. The molecule has 0 bridgehead atoms. The third-order valence-electron chi connectivity index (χ3n) is 2.64. The molecular formula is C12H16N2O6S. The zero-order valence-electron chi connectivity index (χ0n) is 11.2. The Balaban J connectivity index is 1.73. The molecule has 1 aliphatic rings. The van der Waals surface area contributed by atoms with Crippen LogP contribution in [0.25, 0.3) is 0 Å². The van der Waals surface area contributed by atoms with E-state index in [0.29, 0.717) is 17.2 Å². The summed E-state index contributed by atoms with van der Waals surface area (Å²) in [6, 6.07) is 5.12. The fraction of sp³-hybridized carbons (Fsp3) is 0.417. The third kappa shape index (κ3) is 4.80. The summed E-state index contributed by atoms with van der Waals surface area (Å²) < 4.78 is 40.9. The van der Waals surface area contributed by atoms with E-state index in [1.807, 2.05) is 0 Å². The van der Waals surface area contributed by atoms with Gasteiger partial charge in [0.15, 0.2) is 11.5 Å². The van der Waals surface area contributed by atoms with Crippen molar-refractivity contribution >= 4 is 15.9 Å². The summed E-state index contributed by atoms with van der Waals surface area (Å²) in [6.45, 7) is 0.00500. The number of carbonyl (C=O) groups excluding carboxylic acids is 1. The van der Waals surface area contributed by atoms with E-state index in [1.165, 1.54) is 0 Å². The predicted molar refractivity (Wildman–Crippen MR) is 73.7 cm³/mol. The lowest BCUT2D eigenvalue weighted by Crippen LogP contribution is -2.35. The summed E-state index contributed by atoms with van der Waals surface area (Å²) in [5, 5.41) is 0. The number of hydrogen-bond acceptors (Lipinski definition) is 6. The SMILES string of the molecule is NC(=O)CNS(=O)(=O)CCCOc1ccc2c(c1)OCO2. The highest BCUT2D eigenvalue weighted by atomic mass is 32.2. The Morgan fingerprint density at radius 1 is 1.33 bits per heavy atom. The molecule has 1 aromatic rings. The van der Waals surface area contributed by atoms with Crippen LogP contribution in [0.2, 0.25) is 0 Å². The molecule has 0 atom stereocenters. The van der Waals surface area contributed by atoms with E-state index >= 15 is 0 Å². The van der Waals surface area contributed by atoms with Crippen LogP contribution in [0.15, 0.2) is 18.2 Å². The molecule has 21 heavy (non-hydrogen) atoms. The summed E-state index contributed by atoms with van der Waals surface area (Å²) in [4.78, 5) is 10.5. The standard InChI is InChI=1S/C12H16N2O6S/c13-12(15)7-14-21(16,17)5-1-4-18-9-2-3-10-11(6-9)20-8-19-10/h2-3,6,14H,1,4-5,7-8H2,(H2,13,15). The monoisotopic (exact) mass is 316 g/mol. The second-order valence-corrected chi connectivity index (χ2v) is 6.25. The fourth-order valence-corrected chi connectivity index (χ4v) is 2.66. The normalized spacial score (nSPS) is 13.1. The average molecular weight is 316 g/mol. The van der Waals surface area contributed by atoms with Gasteiger partial charge in [-0.05, 0) is 18.6 Å². The van der Waals surface area contributed by atoms with Crippen molar-refractivity contribution in [1.82, 2.24) is 4.72 Å². The first kappa shape index (κ1) is 15.4. The highest BCUT2D eigenvalue weighted by molar-refractivity contribution is 7.89. The van der Waals surface area contributed by atoms with Gasteiger partial charge in [-0.1, -0.05) is 0 Å². The van der Waals surface area contributed by atoms with Crippen LogP contribution in [0.5, 0.6) is 17.2 Å². The molecule has 0 aromatic heterocycles. The van der Waals surface area contributed by atoms with Gasteiger partial charge in [-0.15, -0.1) is 0 Å². The maximum Gasteiger partial charge on any atom is 0.232 e. The van der Waals surface area contributed by atoms with Gasteiger partial charge in [0.25, 0.3) is 0 Å². The van der Waals surface area contributed by atoms with E-state index in [2.05, 4.69) is 4.72 Å². The lowest BCUT2D eigenvalue weighted by molar-refractivity contribution is -0.116. The quantitative estimate of drug-likeness (QED) is 0.630. The number of fused-ring (bicyclic) bond motifs is 1. The van der Waals surface area contributed by atoms with Crippen molar-refractivity contribution in [3.8, 4) is 17.2 Å². The largest absolute Gasteiger partial charge is 0.493 e. The van der Waals surface area contributed by atoms with Crippen LogP contribution in [0, 0.1) is 0 Å². The molecule has 0 spiro atoms.